The minimum atomic E-state index is -0.887. The van der Waals surface area contributed by atoms with Crippen LogP contribution < -0.4 is 10.1 Å². The minimum Gasteiger partial charge on any atom is -0.465 e. The topological polar surface area (TPSA) is 94.9 Å². The number of likely N-dealkylation sites (tertiary alicyclic amines) is 1. The fourth-order valence-electron chi connectivity index (χ4n) is 4.25. The second kappa shape index (κ2) is 11.9. The van der Waals surface area contributed by atoms with Gasteiger partial charge >= 0.3 is 6.03 Å². The number of para-hydroxylation sites is 1. The highest BCUT2D eigenvalue weighted by atomic mass is 16.5. The number of carbonyl (C=O) groups is 2. The smallest absolute Gasteiger partial charge is 0.328 e. The number of hydrogen-bond acceptors (Lipinski definition) is 4. The van der Waals surface area contributed by atoms with E-state index in [1.807, 2.05) is 85.8 Å². The first-order valence-electron chi connectivity index (χ1n) is 12.2. The number of aliphatic imine (C=N–C) groups is 1. The van der Waals surface area contributed by atoms with E-state index in [0.717, 1.165) is 16.0 Å². The Hall–Kier alpha value is -4.52. The number of imide groups is 1. The lowest BCUT2D eigenvalue weighted by Gasteiger charge is -2.41. The Bertz CT molecular complexity index is 1240. The van der Waals surface area contributed by atoms with Gasteiger partial charge in [0.1, 0.15) is 11.6 Å². The number of urea groups is 1. The Morgan fingerprint density at radius 2 is 1.57 bits per heavy atom. The molecule has 37 heavy (non-hydrogen) atoms. The van der Waals surface area contributed by atoms with Crippen molar-refractivity contribution < 1.29 is 14.3 Å². The van der Waals surface area contributed by atoms with Crippen molar-refractivity contribution in [3.05, 3.63) is 114 Å². The number of β-lactam (4-membered cyclic amide) rings is 1. The average Bonchev–Trinajstić information content (AvgIpc) is 2.95. The van der Waals surface area contributed by atoms with E-state index in [0.29, 0.717) is 24.2 Å². The number of rotatable bonds is 9. The number of amides is 3. The van der Waals surface area contributed by atoms with Gasteiger partial charge in [-0.05, 0) is 42.3 Å². The maximum atomic E-state index is 13.5. The van der Waals surface area contributed by atoms with E-state index in [1.54, 1.807) is 18.2 Å². The Morgan fingerprint density at radius 3 is 2.08 bits per heavy atom. The summed E-state index contributed by atoms with van der Waals surface area (Å²) < 4.78 is 6.12. The Balaban J connectivity index is 1.62. The van der Waals surface area contributed by atoms with Gasteiger partial charge in [0.15, 0.2) is 0 Å². The molecule has 1 heterocycles. The third-order valence-electron chi connectivity index (χ3n) is 6.30. The molecule has 1 fully saturated rings. The molecule has 0 radical (unpaired) electrons. The number of hydrogen-bond donors (Lipinski definition) is 2. The molecule has 2 atom stereocenters. The normalized spacial score (nSPS) is 16.7. The summed E-state index contributed by atoms with van der Waals surface area (Å²) in [5.74, 6) is 0.166. The zero-order valence-corrected chi connectivity index (χ0v) is 20.7. The average molecular weight is 495 g/mol. The predicted octanol–water partition coefficient (Wildman–Crippen LogP) is 5.75. The molecule has 4 rings (SSSR count). The summed E-state index contributed by atoms with van der Waals surface area (Å²) in [6.07, 6.45) is 1.96. The quantitative estimate of drug-likeness (QED) is 0.172. The zero-order chi connectivity index (χ0) is 26.2. The molecule has 2 unspecified atom stereocenters. The van der Waals surface area contributed by atoms with Gasteiger partial charge in [-0.15, -0.1) is 0 Å². The molecule has 188 valence electrons. The highest BCUT2D eigenvalue weighted by Gasteiger charge is 2.49. The number of nitrogens with one attached hydrogen (secondary N) is 2. The highest BCUT2D eigenvalue weighted by Crippen LogP contribution is 2.32. The van der Waals surface area contributed by atoms with Crippen molar-refractivity contribution in [3.63, 3.8) is 0 Å². The van der Waals surface area contributed by atoms with Gasteiger partial charge < -0.3 is 10.1 Å². The van der Waals surface area contributed by atoms with Gasteiger partial charge in [0, 0.05) is 6.42 Å². The molecule has 3 amide bonds. The molecule has 1 saturated heterocycles. The van der Waals surface area contributed by atoms with E-state index in [2.05, 4.69) is 17.0 Å². The van der Waals surface area contributed by atoms with Crippen LogP contribution in [0, 0.1) is 11.3 Å². The van der Waals surface area contributed by atoms with Crippen molar-refractivity contribution in [1.29, 1.82) is 5.41 Å². The van der Waals surface area contributed by atoms with Crippen molar-refractivity contribution >= 4 is 24.5 Å². The van der Waals surface area contributed by atoms with Gasteiger partial charge in [-0.25, -0.2) is 14.7 Å². The van der Waals surface area contributed by atoms with Crippen LogP contribution in [-0.4, -0.2) is 35.6 Å². The summed E-state index contributed by atoms with van der Waals surface area (Å²) in [4.78, 5) is 31.6. The molecular weight excluding hydrogens is 464 g/mol. The van der Waals surface area contributed by atoms with Crippen LogP contribution in [0.4, 0.5) is 4.79 Å². The number of allylic oxidation sites excluding steroid dienone is 1. The second-order valence-corrected chi connectivity index (χ2v) is 8.76. The monoisotopic (exact) mass is 494 g/mol. The minimum absolute atomic E-state index is 0.106. The van der Waals surface area contributed by atoms with Gasteiger partial charge in [-0.3, -0.25) is 10.2 Å². The van der Waals surface area contributed by atoms with Gasteiger partial charge in [0.2, 0.25) is 6.23 Å². The van der Waals surface area contributed by atoms with Crippen LogP contribution in [0.3, 0.4) is 0 Å². The molecule has 7 nitrogen and oxygen atoms in total. The van der Waals surface area contributed by atoms with Crippen molar-refractivity contribution in [1.82, 2.24) is 10.2 Å². The summed E-state index contributed by atoms with van der Waals surface area (Å²) >= 11 is 0. The Kier molecular flexibility index (Phi) is 8.26. The van der Waals surface area contributed by atoms with Crippen LogP contribution in [0.5, 0.6) is 5.75 Å². The summed E-state index contributed by atoms with van der Waals surface area (Å²) in [7, 11) is 0. The molecule has 1 aliphatic rings. The molecular formula is C30H30N4O3. The van der Waals surface area contributed by atoms with Crippen LogP contribution >= 0.6 is 0 Å². The SMILES string of the molecule is C=NC(=N)CC(/C=C1\C(=O)N(C(=O)NC(c2ccccc2)c2ccccc2)C1Oc1ccccc1)CC. The molecule has 1 aliphatic heterocycles. The molecule has 0 aliphatic carbocycles. The number of carbonyl (C=O) groups excluding carboxylic acids is 2. The Labute approximate surface area is 217 Å². The van der Waals surface area contributed by atoms with Gasteiger partial charge in [0.05, 0.1) is 11.6 Å². The van der Waals surface area contributed by atoms with Crippen molar-refractivity contribution in [2.75, 3.05) is 0 Å². The molecule has 2 N–H and O–H groups in total. The van der Waals surface area contributed by atoms with Gasteiger partial charge in [-0.2, -0.15) is 0 Å². The molecule has 7 heteroatoms. The van der Waals surface area contributed by atoms with E-state index >= 15 is 0 Å². The van der Waals surface area contributed by atoms with Crippen LogP contribution in [-0.2, 0) is 4.79 Å². The third-order valence-corrected chi connectivity index (χ3v) is 6.30. The summed E-state index contributed by atoms with van der Waals surface area (Å²) in [6.45, 7) is 5.39. The third kappa shape index (κ3) is 6.01. The van der Waals surface area contributed by atoms with Gasteiger partial charge in [0.25, 0.3) is 5.91 Å². The number of nitrogens with zero attached hydrogens (tertiary/aromatic N) is 2. The molecule has 0 spiro atoms. The van der Waals surface area contributed by atoms with E-state index < -0.39 is 24.2 Å². The fourth-order valence-corrected chi connectivity index (χ4v) is 4.25. The molecule has 0 saturated carbocycles. The lowest BCUT2D eigenvalue weighted by molar-refractivity contribution is -0.140. The summed E-state index contributed by atoms with van der Waals surface area (Å²) in [5, 5.41) is 10.9. The first-order valence-corrected chi connectivity index (χ1v) is 12.2. The lowest BCUT2D eigenvalue weighted by Crippen LogP contribution is -2.63. The number of ether oxygens (including phenoxy) is 1. The summed E-state index contributed by atoms with van der Waals surface area (Å²) in [6, 6.07) is 27.3. The molecule has 0 bridgehead atoms. The van der Waals surface area contributed by atoms with Crippen LogP contribution in [0.1, 0.15) is 36.9 Å². The number of benzene rings is 3. The van der Waals surface area contributed by atoms with Crippen LogP contribution in [0.15, 0.2) is 108 Å². The first-order chi connectivity index (χ1) is 18.0. The lowest BCUT2D eigenvalue weighted by atomic mass is 9.93. The molecule has 0 aromatic heterocycles. The maximum Gasteiger partial charge on any atom is 0.328 e. The van der Waals surface area contributed by atoms with E-state index in [4.69, 9.17) is 10.1 Å². The highest BCUT2D eigenvalue weighted by molar-refractivity contribution is 6.11. The molecule has 3 aromatic rings. The largest absolute Gasteiger partial charge is 0.465 e. The fraction of sp³-hybridized carbons (Fsp3) is 0.200. The van der Waals surface area contributed by atoms with Crippen molar-refractivity contribution in [3.8, 4) is 5.75 Å². The first kappa shape index (κ1) is 25.6. The van der Waals surface area contributed by atoms with E-state index in [9.17, 15) is 9.59 Å². The zero-order valence-electron chi connectivity index (χ0n) is 20.7. The van der Waals surface area contributed by atoms with Crippen LogP contribution in [0.2, 0.25) is 0 Å². The summed E-state index contributed by atoms with van der Waals surface area (Å²) in [5.41, 5.74) is 2.18. The second-order valence-electron chi connectivity index (χ2n) is 8.76. The predicted molar refractivity (Wildman–Crippen MR) is 145 cm³/mol. The van der Waals surface area contributed by atoms with Crippen molar-refractivity contribution in [2.45, 2.75) is 32.0 Å². The van der Waals surface area contributed by atoms with E-state index in [1.165, 1.54) is 0 Å². The standard InChI is InChI=1S/C30H30N4O3/c1-3-21(20-26(31)32-2)19-25-28(35)34(29(25)37-24-17-11-6-12-18-24)30(36)33-27(22-13-7-4-8-14-22)23-15-9-5-10-16-23/h4-19,21,27,29,31H,2-3,20H2,1H3,(H,33,36)/b25-19+,31-26?. The maximum absolute atomic E-state index is 13.5. The number of amidine groups is 1. The van der Waals surface area contributed by atoms with E-state index in [-0.39, 0.29) is 11.8 Å². The van der Waals surface area contributed by atoms with Gasteiger partial charge in [-0.1, -0.05) is 91.9 Å². The van der Waals surface area contributed by atoms with Crippen LogP contribution in [0.25, 0.3) is 0 Å². The Morgan fingerprint density at radius 1 is 1.03 bits per heavy atom. The van der Waals surface area contributed by atoms with Crippen molar-refractivity contribution in [2.24, 2.45) is 10.9 Å². The molecule has 3 aromatic carbocycles.